The zero-order valence-corrected chi connectivity index (χ0v) is 14.1. The Kier molecular flexibility index (Phi) is 5.27. The molecule has 0 spiro atoms. The standard InChI is InChI=1S/C17H21N5O3/c1-24-13(23)8-4-2-3-5-9-22-11-19-15-14(12-7-6-10-25-12)20-17(18)21-16(15)22/h6-7,10-11H,2-5,8-9H2,1H3,(H2,18,20,21). The van der Waals surface area contributed by atoms with Crippen molar-refractivity contribution in [3.8, 4) is 11.5 Å². The molecule has 0 amide bonds. The van der Waals surface area contributed by atoms with Crippen LogP contribution in [0.3, 0.4) is 0 Å². The molecular weight excluding hydrogens is 322 g/mol. The summed E-state index contributed by atoms with van der Waals surface area (Å²) in [6.45, 7) is 0.781. The first-order chi connectivity index (χ1) is 12.2. The molecule has 0 aliphatic rings. The number of carbonyl (C=O) groups excluding carboxylic acids is 1. The molecule has 0 aliphatic heterocycles. The molecule has 3 rings (SSSR count). The number of nitrogens with zero attached hydrogens (tertiary/aromatic N) is 4. The maximum absolute atomic E-state index is 11.1. The first-order valence-corrected chi connectivity index (χ1v) is 8.28. The van der Waals surface area contributed by atoms with Crippen molar-refractivity contribution in [2.24, 2.45) is 0 Å². The van der Waals surface area contributed by atoms with Gasteiger partial charge < -0.3 is 19.5 Å². The topological polar surface area (TPSA) is 109 Å². The van der Waals surface area contributed by atoms with E-state index in [-0.39, 0.29) is 11.9 Å². The van der Waals surface area contributed by atoms with Gasteiger partial charge in [-0.3, -0.25) is 4.79 Å². The fourth-order valence-corrected chi connectivity index (χ4v) is 2.72. The van der Waals surface area contributed by atoms with E-state index >= 15 is 0 Å². The third kappa shape index (κ3) is 3.96. The van der Waals surface area contributed by atoms with Crippen molar-refractivity contribution in [1.29, 1.82) is 0 Å². The number of unbranched alkanes of at least 4 members (excludes halogenated alkanes) is 3. The van der Waals surface area contributed by atoms with Crippen molar-refractivity contribution in [1.82, 2.24) is 19.5 Å². The van der Waals surface area contributed by atoms with Crippen LogP contribution in [0.15, 0.2) is 29.1 Å². The van der Waals surface area contributed by atoms with Gasteiger partial charge in [0.15, 0.2) is 11.4 Å². The summed E-state index contributed by atoms with van der Waals surface area (Å²) in [4.78, 5) is 24.1. The van der Waals surface area contributed by atoms with Gasteiger partial charge >= 0.3 is 5.97 Å². The summed E-state index contributed by atoms with van der Waals surface area (Å²) in [6, 6.07) is 3.62. The Morgan fingerprint density at radius 1 is 1.28 bits per heavy atom. The third-order valence-corrected chi connectivity index (χ3v) is 3.99. The van der Waals surface area contributed by atoms with Crippen LogP contribution in [0.5, 0.6) is 0 Å². The maximum atomic E-state index is 11.1. The summed E-state index contributed by atoms with van der Waals surface area (Å²) >= 11 is 0. The van der Waals surface area contributed by atoms with Gasteiger partial charge in [-0.2, -0.15) is 4.98 Å². The number of furan rings is 1. The molecule has 0 fully saturated rings. The highest BCUT2D eigenvalue weighted by molar-refractivity contribution is 5.86. The maximum Gasteiger partial charge on any atom is 0.305 e. The molecule has 3 heterocycles. The van der Waals surface area contributed by atoms with Crippen LogP contribution in [0.1, 0.15) is 32.1 Å². The number of carbonyl (C=O) groups is 1. The number of rotatable bonds is 8. The van der Waals surface area contributed by atoms with E-state index in [9.17, 15) is 4.79 Å². The Labute approximate surface area is 145 Å². The van der Waals surface area contributed by atoms with E-state index in [0.29, 0.717) is 29.0 Å². The average Bonchev–Trinajstić information content (AvgIpc) is 3.27. The second kappa shape index (κ2) is 7.78. The van der Waals surface area contributed by atoms with E-state index in [1.807, 2.05) is 10.6 Å². The molecule has 25 heavy (non-hydrogen) atoms. The van der Waals surface area contributed by atoms with Crippen LogP contribution in [0, 0.1) is 0 Å². The Morgan fingerprint density at radius 2 is 2.12 bits per heavy atom. The number of hydrogen-bond acceptors (Lipinski definition) is 7. The average molecular weight is 343 g/mol. The molecule has 0 unspecified atom stereocenters. The zero-order valence-electron chi connectivity index (χ0n) is 14.1. The van der Waals surface area contributed by atoms with Gasteiger partial charge in [0.1, 0.15) is 11.2 Å². The van der Waals surface area contributed by atoms with Crippen molar-refractivity contribution in [3.63, 3.8) is 0 Å². The van der Waals surface area contributed by atoms with E-state index in [1.54, 1.807) is 18.7 Å². The molecule has 0 aromatic carbocycles. The predicted octanol–water partition coefficient (Wildman–Crippen LogP) is 2.79. The van der Waals surface area contributed by atoms with Gasteiger partial charge in [0.25, 0.3) is 0 Å². The first kappa shape index (κ1) is 16.9. The molecule has 2 N–H and O–H groups in total. The van der Waals surface area contributed by atoms with Gasteiger partial charge in [-0.25, -0.2) is 9.97 Å². The van der Waals surface area contributed by atoms with Crippen LogP contribution in [-0.4, -0.2) is 32.6 Å². The summed E-state index contributed by atoms with van der Waals surface area (Å²) in [7, 11) is 1.41. The minimum absolute atomic E-state index is 0.154. The van der Waals surface area contributed by atoms with Crippen LogP contribution in [-0.2, 0) is 16.1 Å². The number of methoxy groups -OCH3 is 1. The number of aromatic nitrogens is 4. The molecule has 0 atom stereocenters. The van der Waals surface area contributed by atoms with Crippen molar-refractivity contribution in [3.05, 3.63) is 24.7 Å². The second-order valence-corrected chi connectivity index (χ2v) is 5.76. The smallest absolute Gasteiger partial charge is 0.305 e. The second-order valence-electron chi connectivity index (χ2n) is 5.76. The van der Waals surface area contributed by atoms with Crippen LogP contribution < -0.4 is 5.73 Å². The number of aryl methyl sites for hydroxylation is 1. The first-order valence-electron chi connectivity index (χ1n) is 8.28. The fraction of sp³-hybridized carbons (Fsp3) is 0.412. The highest BCUT2D eigenvalue weighted by atomic mass is 16.5. The number of nitrogens with two attached hydrogens (primary N) is 1. The number of hydrogen-bond donors (Lipinski definition) is 1. The largest absolute Gasteiger partial charge is 0.469 e. The third-order valence-electron chi connectivity index (χ3n) is 3.99. The van der Waals surface area contributed by atoms with Crippen LogP contribution in [0.4, 0.5) is 5.95 Å². The fourth-order valence-electron chi connectivity index (χ4n) is 2.72. The lowest BCUT2D eigenvalue weighted by Gasteiger charge is -2.05. The Morgan fingerprint density at radius 3 is 2.88 bits per heavy atom. The van der Waals surface area contributed by atoms with E-state index in [4.69, 9.17) is 10.2 Å². The lowest BCUT2D eigenvalue weighted by Crippen LogP contribution is -2.02. The molecule has 0 saturated heterocycles. The number of nitrogen functional groups attached to an aromatic ring is 1. The van der Waals surface area contributed by atoms with Crippen molar-refractivity contribution in [2.75, 3.05) is 12.8 Å². The van der Waals surface area contributed by atoms with Gasteiger partial charge in [0.2, 0.25) is 5.95 Å². The number of imidazole rings is 1. The van der Waals surface area contributed by atoms with Crippen LogP contribution in [0.2, 0.25) is 0 Å². The lowest BCUT2D eigenvalue weighted by molar-refractivity contribution is -0.140. The van der Waals surface area contributed by atoms with Crippen LogP contribution >= 0.6 is 0 Å². The minimum atomic E-state index is -0.154. The quantitative estimate of drug-likeness (QED) is 0.494. The van der Waals surface area contributed by atoms with E-state index in [2.05, 4.69) is 19.7 Å². The zero-order chi connectivity index (χ0) is 17.6. The SMILES string of the molecule is COC(=O)CCCCCCn1cnc2c(-c3ccco3)nc(N)nc21. The highest BCUT2D eigenvalue weighted by Gasteiger charge is 2.15. The molecule has 132 valence electrons. The van der Waals surface area contributed by atoms with Crippen molar-refractivity contribution < 1.29 is 13.9 Å². The normalized spacial score (nSPS) is 11.1. The van der Waals surface area contributed by atoms with Gasteiger partial charge in [0.05, 0.1) is 19.7 Å². The number of esters is 1. The summed E-state index contributed by atoms with van der Waals surface area (Å²) < 4.78 is 12.0. The molecule has 8 heteroatoms. The predicted molar refractivity (Wildman–Crippen MR) is 92.5 cm³/mol. The Hall–Kier alpha value is -2.90. The monoisotopic (exact) mass is 343 g/mol. The van der Waals surface area contributed by atoms with Crippen molar-refractivity contribution in [2.45, 2.75) is 38.6 Å². The summed E-state index contributed by atoms with van der Waals surface area (Å²) in [5, 5.41) is 0. The van der Waals surface area contributed by atoms with Crippen LogP contribution in [0.25, 0.3) is 22.6 Å². The summed E-state index contributed by atoms with van der Waals surface area (Å²) in [5.74, 6) is 0.657. The molecule has 0 radical (unpaired) electrons. The minimum Gasteiger partial charge on any atom is -0.469 e. The van der Waals surface area contributed by atoms with E-state index in [1.165, 1.54) is 7.11 Å². The van der Waals surface area contributed by atoms with E-state index < -0.39 is 0 Å². The number of fused-ring (bicyclic) bond motifs is 1. The van der Waals surface area contributed by atoms with E-state index in [0.717, 1.165) is 32.2 Å². The number of ether oxygens (including phenoxy) is 1. The molecule has 8 nitrogen and oxygen atoms in total. The molecule has 0 aliphatic carbocycles. The Bertz CT molecular complexity index is 841. The lowest BCUT2D eigenvalue weighted by atomic mass is 10.1. The summed E-state index contributed by atoms with van der Waals surface area (Å²) in [6.07, 6.45) is 7.62. The molecular formula is C17H21N5O3. The molecule has 0 saturated carbocycles. The summed E-state index contributed by atoms with van der Waals surface area (Å²) in [5.41, 5.74) is 7.83. The molecule has 0 bridgehead atoms. The highest BCUT2D eigenvalue weighted by Crippen LogP contribution is 2.26. The van der Waals surface area contributed by atoms with Crippen molar-refractivity contribution >= 4 is 23.1 Å². The van der Waals surface area contributed by atoms with Gasteiger partial charge in [-0.1, -0.05) is 12.8 Å². The van der Waals surface area contributed by atoms with Gasteiger partial charge in [-0.05, 0) is 25.0 Å². The van der Waals surface area contributed by atoms with Gasteiger partial charge in [-0.15, -0.1) is 0 Å². The van der Waals surface area contributed by atoms with Gasteiger partial charge in [0, 0.05) is 13.0 Å². The molecule has 3 aromatic heterocycles. The number of anilines is 1. The Balaban J connectivity index is 1.64. The molecule has 3 aromatic rings.